The molecule has 6 heteroatoms. The quantitative estimate of drug-likeness (QED) is 0.163. The first-order chi connectivity index (χ1) is 19.5. The van der Waals surface area contributed by atoms with Crippen LogP contribution in [0.25, 0.3) is 0 Å². The lowest BCUT2D eigenvalue weighted by Crippen LogP contribution is -2.09. The van der Waals surface area contributed by atoms with Gasteiger partial charge in [-0.05, 0) is 86.1 Å². The lowest BCUT2D eigenvalue weighted by atomic mass is 9.92. The highest BCUT2D eigenvalue weighted by Gasteiger charge is 2.15. The number of carboxylic acids is 1. The third-order valence-electron chi connectivity index (χ3n) is 6.79. The molecule has 6 nitrogen and oxygen atoms in total. The summed E-state index contributed by atoms with van der Waals surface area (Å²) in [7, 11) is 0. The average Bonchev–Trinajstić information content (AvgIpc) is 2.94. The smallest absolute Gasteiger partial charge is 0.310 e. The standard InChI is InChI=1S/C18H28O2.C13H18O2.C4H11NO/c1-14(2)13-16-8-10-17(11-9-16)15(3)18(20)7-5-4-6-12-19;1-9(2)8-11-4-6-12(7-5-11)10(3)13(14)15;5-3-1-2-4-6/h8-11,14-15,19H,4-7,12-13H2,1-3H3;4-7,9-10H,8H2,1-3H3,(H,14,15);6H,1-5H2. The Labute approximate surface area is 249 Å². The number of benzene rings is 2. The molecule has 0 aliphatic rings. The molecule has 0 aliphatic carbocycles. The fourth-order valence-electron chi connectivity index (χ4n) is 4.22. The van der Waals surface area contributed by atoms with Crippen LogP contribution in [-0.2, 0) is 22.4 Å². The number of carbonyl (C=O) groups is 2. The third-order valence-corrected chi connectivity index (χ3v) is 6.79. The van der Waals surface area contributed by atoms with Gasteiger partial charge in [-0.25, -0.2) is 0 Å². The van der Waals surface area contributed by atoms with Crippen molar-refractivity contribution in [3.05, 3.63) is 70.8 Å². The molecule has 0 aliphatic heterocycles. The molecular weight excluding hydrogens is 514 g/mol. The summed E-state index contributed by atoms with van der Waals surface area (Å²) < 4.78 is 0. The molecule has 2 atom stereocenters. The molecule has 0 fully saturated rings. The van der Waals surface area contributed by atoms with Crippen molar-refractivity contribution in [2.75, 3.05) is 19.8 Å². The van der Waals surface area contributed by atoms with E-state index in [1.165, 1.54) is 11.1 Å². The topological polar surface area (TPSA) is 121 Å². The van der Waals surface area contributed by atoms with E-state index in [1.54, 1.807) is 6.92 Å². The SMILES string of the molecule is CC(C)Cc1ccc(C(C)C(=O)CCCCCO)cc1.CC(C)Cc1ccc(C(C)C(=O)O)cc1.NCCCCO. The van der Waals surface area contributed by atoms with Crippen LogP contribution in [0, 0.1) is 11.8 Å². The number of rotatable bonds is 16. The molecule has 0 saturated carbocycles. The second-order valence-corrected chi connectivity index (χ2v) is 11.7. The fraction of sp³-hybridized carbons (Fsp3) is 0.600. The van der Waals surface area contributed by atoms with E-state index in [4.69, 9.17) is 21.1 Å². The molecule has 0 spiro atoms. The van der Waals surface area contributed by atoms with Gasteiger partial charge in [-0.15, -0.1) is 0 Å². The highest BCUT2D eigenvalue weighted by molar-refractivity contribution is 5.85. The zero-order valence-electron chi connectivity index (χ0n) is 26.4. The molecule has 0 aromatic heterocycles. The molecule has 41 heavy (non-hydrogen) atoms. The molecule has 2 aromatic rings. The maximum atomic E-state index is 12.1. The highest BCUT2D eigenvalue weighted by atomic mass is 16.4. The number of nitrogens with two attached hydrogens (primary N) is 1. The molecule has 2 aromatic carbocycles. The molecule has 0 radical (unpaired) electrons. The van der Waals surface area contributed by atoms with Crippen molar-refractivity contribution in [3.8, 4) is 0 Å². The predicted molar refractivity (Wildman–Crippen MR) is 170 cm³/mol. The van der Waals surface area contributed by atoms with E-state index in [1.807, 2.05) is 31.2 Å². The summed E-state index contributed by atoms with van der Waals surface area (Å²) in [5, 5.41) is 25.7. The number of ketones is 1. The summed E-state index contributed by atoms with van der Waals surface area (Å²) in [6, 6.07) is 16.3. The van der Waals surface area contributed by atoms with Crippen LogP contribution in [0.2, 0.25) is 0 Å². The Kier molecular flexibility index (Phi) is 21.6. The number of unbranched alkanes of at least 4 members (excludes halogenated alkanes) is 3. The first-order valence-corrected chi connectivity index (χ1v) is 15.3. The van der Waals surface area contributed by atoms with Crippen LogP contribution in [0.15, 0.2) is 48.5 Å². The number of aliphatic hydroxyl groups excluding tert-OH is 2. The van der Waals surface area contributed by atoms with Gasteiger partial charge in [0.1, 0.15) is 5.78 Å². The van der Waals surface area contributed by atoms with Gasteiger partial charge in [0.05, 0.1) is 5.92 Å². The first-order valence-electron chi connectivity index (χ1n) is 15.3. The van der Waals surface area contributed by atoms with Crippen LogP contribution in [0.3, 0.4) is 0 Å². The summed E-state index contributed by atoms with van der Waals surface area (Å²) in [5.41, 5.74) is 9.70. The van der Waals surface area contributed by atoms with Crippen LogP contribution in [0.4, 0.5) is 0 Å². The molecule has 0 saturated heterocycles. The highest BCUT2D eigenvalue weighted by Crippen LogP contribution is 2.21. The maximum absolute atomic E-state index is 12.1. The summed E-state index contributed by atoms with van der Waals surface area (Å²) in [5.74, 6) is 0.390. The Morgan fingerprint density at radius 3 is 1.39 bits per heavy atom. The zero-order valence-corrected chi connectivity index (χ0v) is 26.4. The molecule has 5 N–H and O–H groups in total. The average molecular weight is 572 g/mol. The van der Waals surface area contributed by atoms with Crippen LogP contribution >= 0.6 is 0 Å². The summed E-state index contributed by atoms with van der Waals surface area (Å²) >= 11 is 0. The Morgan fingerprint density at radius 2 is 1.05 bits per heavy atom. The lowest BCUT2D eigenvalue weighted by Gasteiger charge is -2.12. The number of aliphatic hydroxyl groups is 2. The minimum absolute atomic E-state index is 0.0165. The van der Waals surface area contributed by atoms with Crippen molar-refractivity contribution in [1.82, 2.24) is 0 Å². The molecule has 2 rings (SSSR count). The minimum atomic E-state index is -0.772. The summed E-state index contributed by atoms with van der Waals surface area (Å²) in [6.45, 7) is 13.7. The second-order valence-electron chi connectivity index (χ2n) is 11.7. The van der Waals surface area contributed by atoms with E-state index in [2.05, 4.69) is 52.0 Å². The number of aliphatic carboxylic acids is 1. The largest absolute Gasteiger partial charge is 0.481 e. The van der Waals surface area contributed by atoms with Gasteiger partial charge in [-0.2, -0.15) is 0 Å². The Morgan fingerprint density at radius 1 is 0.634 bits per heavy atom. The van der Waals surface area contributed by atoms with Gasteiger partial charge >= 0.3 is 5.97 Å². The van der Waals surface area contributed by atoms with Crippen LogP contribution in [0.1, 0.15) is 114 Å². The van der Waals surface area contributed by atoms with Crippen molar-refractivity contribution in [2.45, 2.75) is 105 Å². The third kappa shape index (κ3) is 18.5. The van der Waals surface area contributed by atoms with E-state index < -0.39 is 11.9 Å². The van der Waals surface area contributed by atoms with Gasteiger partial charge in [0, 0.05) is 25.6 Å². The summed E-state index contributed by atoms with van der Waals surface area (Å²) in [4.78, 5) is 22.9. The van der Waals surface area contributed by atoms with E-state index in [-0.39, 0.29) is 19.1 Å². The van der Waals surface area contributed by atoms with E-state index in [0.717, 1.165) is 56.1 Å². The summed E-state index contributed by atoms with van der Waals surface area (Å²) in [6.07, 6.45) is 7.15. The fourth-order valence-corrected chi connectivity index (χ4v) is 4.22. The lowest BCUT2D eigenvalue weighted by molar-refractivity contribution is -0.138. The number of hydrogen-bond acceptors (Lipinski definition) is 5. The van der Waals surface area contributed by atoms with Gasteiger partial charge < -0.3 is 21.1 Å². The van der Waals surface area contributed by atoms with Crippen LogP contribution < -0.4 is 5.73 Å². The molecule has 0 bridgehead atoms. The van der Waals surface area contributed by atoms with Crippen molar-refractivity contribution in [3.63, 3.8) is 0 Å². The van der Waals surface area contributed by atoms with Gasteiger partial charge in [-0.1, -0.05) is 89.6 Å². The van der Waals surface area contributed by atoms with Crippen molar-refractivity contribution >= 4 is 11.8 Å². The Balaban J connectivity index is 0.000000669. The molecule has 0 heterocycles. The van der Waals surface area contributed by atoms with Gasteiger partial charge in [0.2, 0.25) is 0 Å². The molecular formula is C35H57NO5. The predicted octanol–water partition coefficient (Wildman–Crippen LogP) is 6.90. The number of carboxylic acid groups (broad SMARTS) is 1. The van der Waals surface area contributed by atoms with E-state index >= 15 is 0 Å². The number of carbonyl (C=O) groups excluding carboxylic acids is 1. The molecule has 232 valence electrons. The molecule has 2 unspecified atom stereocenters. The second kappa shape index (κ2) is 23.1. The zero-order chi connectivity index (χ0) is 31.2. The Bertz CT molecular complexity index is 934. The van der Waals surface area contributed by atoms with E-state index in [0.29, 0.717) is 30.6 Å². The number of Topliss-reactive ketones (excluding diaryl/α,β-unsaturated/α-hetero) is 1. The van der Waals surface area contributed by atoms with Gasteiger partial charge in [0.15, 0.2) is 0 Å². The first kappa shape index (κ1) is 38.5. The Hall–Kier alpha value is -2.54. The maximum Gasteiger partial charge on any atom is 0.310 e. The molecule has 0 amide bonds. The minimum Gasteiger partial charge on any atom is -0.481 e. The van der Waals surface area contributed by atoms with E-state index in [9.17, 15) is 9.59 Å². The van der Waals surface area contributed by atoms with Gasteiger partial charge in [0.25, 0.3) is 0 Å². The number of hydrogen-bond donors (Lipinski definition) is 4. The van der Waals surface area contributed by atoms with Crippen LogP contribution in [-0.4, -0.2) is 46.8 Å². The van der Waals surface area contributed by atoms with Crippen molar-refractivity contribution in [1.29, 1.82) is 0 Å². The van der Waals surface area contributed by atoms with Crippen molar-refractivity contribution < 1.29 is 24.9 Å². The van der Waals surface area contributed by atoms with Gasteiger partial charge in [-0.3, -0.25) is 9.59 Å². The normalized spacial score (nSPS) is 12.2. The van der Waals surface area contributed by atoms with Crippen LogP contribution in [0.5, 0.6) is 0 Å². The monoisotopic (exact) mass is 571 g/mol. The van der Waals surface area contributed by atoms with Crippen molar-refractivity contribution in [2.24, 2.45) is 17.6 Å².